The second kappa shape index (κ2) is 5.90. The predicted octanol–water partition coefficient (Wildman–Crippen LogP) is 3.76. The fourth-order valence-electron chi connectivity index (χ4n) is 2.78. The topological polar surface area (TPSA) is 64.9 Å². The molecule has 4 nitrogen and oxygen atoms in total. The Morgan fingerprint density at radius 3 is 2.27 bits per heavy atom. The lowest BCUT2D eigenvalue weighted by atomic mass is 9.72. The minimum absolute atomic E-state index is 0.215. The standard InChI is InChI=1S/C18H17N3O/c19-13-14-7-9-16(10-8-14)20-17(22)21-18(11-4-12-18)15-5-2-1-3-6-15/h1-3,5-10H,4,11-12H2,(H2,20,21,22). The molecule has 2 aromatic carbocycles. The molecule has 0 unspecified atom stereocenters. The lowest BCUT2D eigenvalue weighted by molar-refractivity contribution is 0.185. The van der Waals surface area contributed by atoms with Crippen molar-refractivity contribution in [2.24, 2.45) is 0 Å². The van der Waals surface area contributed by atoms with E-state index in [1.807, 2.05) is 18.2 Å². The fraction of sp³-hybridized carbons (Fsp3) is 0.222. The number of carbonyl (C=O) groups excluding carboxylic acids is 1. The van der Waals surface area contributed by atoms with Crippen LogP contribution in [0.2, 0.25) is 0 Å². The van der Waals surface area contributed by atoms with E-state index < -0.39 is 0 Å². The van der Waals surface area contributed by atoms with Crippen molar-refractivity contribution in [1.29, 1.82) is 5.26 Å². The van der Waals surface area contributed by atoms with Gasteiger partial charge in [-0.05, 0) is 49.1 Å². The number of hydrogen-bond acceptors (Lipinski definition) is 2. The normalized spacial score (nSPS) is 15.2. The molecule has 0 heterocycles. The third kappa shape index (κ3) is 2.79. The molecular weight excluding hydrogens is 274 g/mol. The summed E-state index contributed by atoms with van der Waals surface area (Å²) in [5, 5.41) is 14.7. The van der Waals surface area contributed by atoms with Crippen LogP contribution in [0.3, 0.4) is 0 Å². The van der Waals surface area contributed by atoms with E-state index in [4.69, 9.17) is 5.26 Å². The van der Waals surface area contributed by atoms with Gasteiger partial charge in [-0.1, -0.05) is 30.3 Å². The third-order valence-electron chi connectivity index (χ3n) is 4.16. The van der Waals surface area contributed by atoms with Crippen LogP contribution in [0.5, 0.6) is 0 Å². The highest BCUT2D eigenvalue weighted by Crippen LogP contribution is 2.41. The maximum Gasteiger partial charge on any atom is 0.319 e. The highest BCUT2D eigenvalue weighted by atomic mass is 16.2. The molecule has 0 bridgehead atoms. The lowest BCUT2D eigenvalue weighted by Gasteiger charge is -2.43. The van der Waals surface area contributed by atoms with E-state index in [1.165, 1.54) is 0 Å². The van der Waals surface area contributed by atoms with Crippen LogP contribution in [-0.2, 0) is 5.54 Å². The highest BCUT2D eigenvalue weighted by molar-refractivity contribution is 5.90. The molecule has 2 amide bonds. The van der Waals surface area contributed by atoms with Crippen molar-refractivity contribution in [2.45, 2.75) is 24.8 Å². The smallest absolute Gasteiger partial charge is 0.319 e. The van der Waals surface area contributed by atoms with Gasteiger partial charge in [0.2, 0.25) is 0 Å². The summed E-state index contributed by atoms with van der Waals surface area (Å²) in [6, 6.07) is 18.8. The Hall–Kier alpha value is -2.80. The number of hydrogen-bond donors (Lipinski definition) is 2. The molecule has 0 aromatic heterocycles. The SMILES string of the molecule is N#Cc1ccc(NC(=O)NC2(c3ccccc3)CCC2)cc1. The van der Waals surface area contributed by atoms with Crippen LogP contribution in [0, 0.1) is 11.3 Å². The molecule has 0 saturated heterocycles. The number of amides is 2. The molecule has 1 fully saturated rings. The second-order valence-corrected chi connectivity index (χ2v) is 5.57. The Morgan fingerprint density at radius 1 is 1.05 bits per heavy atom. The van der Waals surface area contributed by atoms with Crippen LogP contribution >= 0.6 is 0 Å². The molecule has 0 aliphatic heterocycles. The number of nitriles is 1. The van der Waals surface area contributed by atoms with Crippen LogP contribution in [0.15, 0.2) is 54.6 Å². The maximum absolute atomic E-state index is 12.3. The van der Waals surface area contributed by atoms with Crippen molar-refractivity contribution in [3.05, 3.63) is 65.7 Å². The number of benzene rings is 2. The minimum atomic E-state index is -0.252. The van der Waals surface area contributed by atoms with Crippen LogP contribution < -0.4 is 10.6 Å². The molecular formula is C18H17N3O. The molecule has 0 spiro atoms. The van der Waals surface area contributed by atoms with Crippen LogP contribution in [-0.4, -0.2) is 6.03 Å². The molecule has 2 N–H and O–H groups in total. The summed E-state index contributed by atoms with van der Waals surface area (Å²) >= 11 is 0. The largest absolute Gasteiger partial charge is 0.328 e. The summed E-state index contributed by atoms with van der Waals surface area (Å²) in [6.45, 7) is 0. The Bertz CT molecular complexity index is 697. The van der Waals surface area contributed by atoms with E-state index in [-0.39, 0.29) is 11.6 Å². The van der Waals surface area contributed by atoms with Gasteiger partial charge in [0.1, 0.15) is 0 Å². The zero-order valence-electron chi connectivity index (χ0n) is 12.2. The first-order valence-corrected chi connectivity index (χ1v) is 7.37. The summed E-state index contributed by atoms with van der Waals surface area (Å²) in [5.41, 5.74) is 2.15. The molecule has 4 heteroatoms. The Labute approximate surface area is 129 Å². The van der Waals surface area contributed by atoms with Crippen molar-refractivity contribution >= 4 is 11.7 Å². The number of nitrogens with zero attached hydrogens (tertiary/aromatic N) is 1. The number of anilines is 1. The summed E-state index contributed by atoms with van der Waals surface area (Å²) in [4.78, 5) is 12.3. The van der Waals surface area contributed by atoms with Crippen molar-refractivity contribution in [3.8, 4) is 6.07 Å². The van der Waals surface area contributed by atoms with Crippen LogP contribution in [0.1, 0.15) is 30.4 Å². The Morgan fingerprint density at radius 2 is 1.73 bits per heavy atom. The third-order valence-corrected chi connectivity index (χ3v) is 4.16. The van der Waals surface area contributed by atoms with E-state index in [2.05, 4.69) is 28.8 Å². The number of carbonyl (C=O) groups is 1. The second-order valence-electron chi connectivity index (χ2n) is 5.57. The van der Waals surface area contributed by atoms with Gasteiger partial charge in [-0.15, -0.1) is 0 Å². The van der Waals surface area contributed by atoms with Crippen molar-refractivity contribution in [3.63, 3.8) is 0 Å². The van der Waals surface area contributed by atoms with Crippen molar-refractivity contribution in [1.82, 2.24) is 5.32 Å². The van der Waals surface area contributed by atoms with E-state index >= 15 is 0 Å². The monoisotopic (exact) mass is 291 g/mol. The van der Waals surface area contributed by atoms with Gasteiger partial charge in [0.15, 0.2) is 0 Å². The Balaban J connectivity index is 1.69. The van der Waals surface area contributed by atoms with Crippen molar-refractivity contribution < 1.29 is 4.79 Å². The number of urea groups is 1. The molecule has 1 aliphatic rings. The maximum atomic E-state index is 12.3. The van der Waals surface area contributed by atoms with E-state index in [0.717, 1.165) is 24.8 Å². The molecule has 0 atom stereocenters. The lowest BCUT2D eigenvalue weighted by Crippen LogP contribution is -2.52. The first kappa shape index (κ1) is 14.2. The quantitative estimate of drug-likeness (QED) is 0.904. The van der Waals surface area contributed by atoms with Gasteiger partial charge >= 0.3 is 6.03 Å². The van der Waals surface area contributed by atoms with Gasteiger partial charge in [-0.3, -0.25) is 0 Å². The summed E-state index contributed by atoms with van der Waals surface area (Å²) in [6.07, 6.45) is 3.03. The fourth-order valence-corrected chi connectivity index (χ4v) is 2.78. The van der Waals surface area contributed by atoms with E-state index in [0.29, 0.717) is 11.3 Å². The molecule has 1 aliphatic carbocycles. The van der Waals surface area contributed by atoms with E-state index in [9.17, 15) is 4.79 Å². The molecule has 1 saturated carbocycles. The van der Waals surface area contributed by atoms with Crippen molar-refractivity contribution in [2.75, 3.05) is 5.32 Å². The van der Waals surface area contributed by atoms with Gasteiger partial charge in [0.25, 0.3) is 0 Å². The first-order chi connectivity index (χ1) is 10.7. The zero-order valence-corrected chi connectivity index (χ0v) is 12.2. The average Bonchev–Trinajstić information content (AvgIpc) is 2.52. The van der Waals surface area contributed by atoms with Crippen LogP contribution in [0.25, 0.3) is 0 Å². The van der Waals surface area contributed by atoms with Gasteiger partial charge in [0, 0.05) is 5.69 Å². The van der Waals surface area contributed by atoms with Gasteiger partial charge in [0.05, 0.1) is 17.2 Å². The summed E-state index contributed by atoms with van der Waals surface area (Å²) in [7, 11) is 0. The first-order valence-electron chi connectivity index (χ1n) is 7.37. The average molecular weight is 291 g/mol. The van der Waals surface area contributed by atoms with Crippen LogP contribution in [0.4, 0.5) is 10.5 Å². The van der Waals surface area contributed by atoms with E-state index in [1.54, 1.807) is 24.3 Å². The van der Waals surface area contributed by atoms with Gasteiger partial charge in [-0.2, -0.15) is 5.26 Å². The highest BCUT2D eigenvalue weighted by Gasteiger charge is 2.39. The molecule has 2 aromatic rings. The summed E-state index contributed by atoms with van der Waals surface area (Å²) in [5.74, 6) is 0. The van der Waals surface area contributed by atoms with Gasteiger partial charge in [-0.25, -0.2) is 4.79 Å². The Kier molecular flexibility index (Phi) is 3.80. The van der Waals surface area contributed by atoms with Gasteiger partial charge < -0.3 is 10.6 Å². The molecule has 0 radical (unpaired) electrons. The predicted molar refractivity (Wildman–Crippen MR) is 85.3 cm³/mol. The number of rotatable bonds is 3. The number of nitrogens with one attached hydrogen (secondary N) is 2. The molecule has 3 rings (SSSR count). The molecule has 22 heavy (non-hydrogen) atoms. The minimum Gasteiger partial charge on any atom is -0.328 e. The molecule has 110 valence electrons. The summed E-state index contributed by atoms with van der Waals surface area (Å²) < 4.78 is 0. The zero-order chi connectivity index (χ0) is 15.4.